The highest BCUT2D eigenvalue weighted by atomic mass is 32.1. The monoisotopic (exact) mass is 282 g/mol. The first-order valence-electron chi connectivity index (χ1n) is 6.30. The van der Waals surface area contributed by atoms with Crippen LogP contribution in [-0.4, -0.2) is 20.0 Å². The smallest absolute Gasteiger partial charge is 0.113 e. The average Bonchev–Trinajstić information content (AvgIpc) is 3.02. The van der Waals surface area contributed by atoms with Gasteiger partial charge < -0.3 is 0 Å². The van der Waals surface area contributed by atoms with Gasteiger partial charge in [-0.1, -0.05) is 29.5 Å². The Morgan fingerprint density at radius 1 is 0.950 bits per heavy atom. The molecule has 0 atom stereocenters. The molecule has 4 rings (SSSR count). The predicted octanol–water partition coefficient (Wildman–Crippen LogP) is 3.57. The van der Waals surface area contributed by atoms with E-state index in [2.05, 4.69) is 21.4 Å². The van der Waals surface area contributed by atoms with Crippen molar-refractivity contribution in [1.29, 1.82) is 0 Å². The van der Waals surface area contributed by atoms with E-state index in [4.69, 9.17) is 0 Å². The average molecular weight is 282 g/mol. The van der Waals surface area contributed by atoms with Gasteiger partial charge in [-0.3, -0.25) is 0 Å². The van der Waals surface area contributed by atoms with Crippen molar-refractivity contribution in [3.8, 4) is 0 Å². The summed E-state index contributed by atoms with van der Waals surface area (Å²) in [7, 11) is 1.88. The van der Waals surface area contributed by atoms with Crippen molar-refractivity contribution in [3.05, 3.63) is 53.5 Å². The van der Waals surface area contributed by atoms with Crippen LogP contribution in [0.1, 0.15) is 5.01 Å². The van der Waals surface area contributed by atoms with Gasteiger partial charge in [-0.15, -0.1) is 16.4 Å². The zero-order chi connectivity index (χ0) is 13.9. The number of aromatic nitrogens is 4. The van der Waals surface area contributed by atoms with Crippen molar-refractivity contribution < 1.29 is 0 Å². The first kappa shape index (κ1) is 12.7. The summed E-state index contributed by atoms with van der Waals surface area (Å²) in [5.41, 5.74) is 3.14. The quantitative estimate of drug-likeness (QED) is 0.495. The molecule has 0 spiro atoms. The number of thiazole rings is 1. The summed E-state index contributed by atoms with van der Waals surface area (Å²) in [4.78, 5) is 4.33. The van der Waals surface area contributed by atoms with E-state index < -0.39 is 0 Å². The second-order valence-corrected chi connectivity index (χ2v) is 5.64. The number of fused-ring (bicyclic) bond motifs is 2. The van der Waals surface area contributed by atoms with E-state index in [-0.39, 0.29) is 0 Å². The molecule has 0 bridgehead atoms. The number of hydrogen-bond donors (Lipinski definition) is 0. The molecule has 20 heavy (non-hydrogen) atoms. The van der Waals surface area contributed by atoms with E-state index in [0.717, 1.165) is 21.6 Å². The van der Waals surface area contributed by atoms with Crippen molar-refractivity contribution in [2.24, 2.45) is 7.05 Å². The van der Waals surface area contributed by atoms with Gasteiger partial charge in [0.2, 0.25) is 0 Å². The third kappa shape index (κ3) is 2.53. The number of rotatable bonds is 0. The van der Waals surface area contributed by atoms with Crippen LogP contribution in [0.4, 0.5) is 0 Å². The molecule has 4 nitrogen and oxygen atoms in total. The van der Waals surface area contributed by atoms with Crippen LogP contribution >= 0.6 is 11.3 Å². The van der Waals surface area contributed by atoms with Crippen LogP contribution in [0.3, 0.4) is 0 Å². The third-order valence-electron chi connectivity index (χ3n) is 2.92. The van der Waals surface area contributed by atoms with E-state index in [9.17, 15) is 0 Å². The van der Waals surface area contributed by atoms with Crippen molar-refractivity contribution in [2.45, 2.75) is 6.92 Å². The Kier molecular flexibility index (Phi) is 3.43. The van der Waals surface area contributed by atoms with Crippen LogP contribution < -0.4 is 0 Å². The summed E-state index contributed by atoms with van der Waals surface area (Å²) in [6.07, 6.45) is 0. The summed E-state index contributed by atoms with van der Waals surface area (Å²) < 4.78 is 3.04. The fourth-order valence-electron chi connectivity index (χ4n) is 1.97. The molecule has 0 aliphatic rings. The van der Waals surface area contributed by atoms with Gasteiger partial charge in [0.1, 0.15) is 5.52 Å². The standard InChI is InChI=1S/C8H7NS.C7H7N3/c1-6-9-7-4-2-3-5-8(7)10-6;1-10-7-5-3-2-4-6(7)8-9-10/h2*2-5H,1H3. The van der Waals surface area contributed by atoms with Gasteiger partial charge in [0, 0.05) is 7.05 Å². The molecular weight excluding hydrogens is 268 g/mol. The number of nitrogens with zero attached hydrogens (tertiary/aromatic N) is 4. The van der Waals surface area contributed by atoms with Crippen LogP contribution in [0.25, 0.3) is 21.3 Å². The van der Waals surface area contributed by atoms with Gasteiger partial charge in [0.25, 0.3) is 0 Å². The molecule has 0 amide bonds. The lowest BCUT2D eigenvalue weighted by atomic mass is 10.3. The van der Waals surface area contributed by atoms with Gasteiger partial charge in [-0.05, 0) is 31.2 Å². The number of benzene rings is 2. The highest BCUT2D eigenvalue weighted by Crippen LogP contribution is 2.19. The number of aryl methyl sites for hydroxylation is 2. The summed E-state index contributed by atoms with van der Waals surface area (Å²) in [5, 5.41) is 8.93. The van der Waals surface area contributed by atoms with Gasteiger partial charge in [0.15, 0.2) is 0 Å². The molecule has 0 aliphatic carbocycles. The Morgan fingerprint density at radius 2 is 1.65 bits per heavy atom. The van der Waals surface area contributed by atoms with Gasteiger partial charge in [-0.2, -0.15) is 0 Å². The Morgan fingerprint density at radius 3 is 2.40 bits per heavy atom. The van der Waals surface area contributed by atoms with Gasteiger partial charge >= 0.3 is 0 Å². The van der Waals surface area contributed by atoms with E-state index in [1.807, 2.05) is 56.4 Å². The lowest BCUT2D eigenvalue weighted by molar-refractivity contribution is 0.736. The highest BCUT2D eigenvalue weighted by Gasteiger charge is 1.96. The van der Waals surface area contributed by atoms with Crippen LogP contribution in [0.15, 0.2) is 48.5 Å². The SMILES string of the molecule is Cc1nc2ccccc2s1.Cn1nnc2ccccc21. The summed E-state index contributed by atoms with van der Waals surface area (Å²) >= 11 is 1.74. The van der Waals surface area contributed by atoms with Crippen molar-refractivity contribution >= 4 is 32.6 Å². The zero-order valence-corrected chi connectivity index (χ0v) is 12.1. The van der Waals surface area contributed by atoms with Crippen LogP contribution in [0, 0.1) is 6.92 Å². The van der Waals surface area contributed by atoms with Crippen LogP contribution in [0.2, 0.25) is 0 Å². The van der Waals surface area contributed by atoms with Gasteiger partial charge in [-0.25, -0.2) is 9.67 Å². The largest absolute Gasteiger partial charge is 0.248 e. The van der Waals surface area contributed by atoms with Crippen LogP contribution in [0.5, 0.6) is 0 Å². The van der Waals surface area contributed by atoms with E-state index in [1.165, 1.54) is 4.70 Å². The number of hydrogen-bond acceptors (Lipinski definition) is 4. The maximum atomic E-state index is 4.33. The first-order chi connectivity index (χ1) is 9.74. The minimum Gasteiger partial charge on any atom is -0.248 e. The molecule has 4 aromatic rings. The lowest BCUT2D eigenvalue weighted by Gasteiger charge is -1.87. The predicted molar refractivity (Wildman–Crippen MR) is 82.9 cm³/mol. The fraction of sp³-hybridized carbons (Fsp3) is 0.133. The molecule has 0 saturated heterocycles. The molecule has 2 aromatic heterocycles. The second kappa shape index (κ2) is 5.38. The fourth-order valence-corrected chi connectivity index (χ4v) is 2.80. The van der Waals surface area contributed by atoms with Crippen LogP contribution in [-0.2, 0) is 7.05 Å². The Hall–Kier alpha value is -2.27. The maximum Gasteiger partial charge on any atom is 0.113 e. The molecule has 2 aromatic carbocycles. The molecule has 0 N–H and O–H groups in total. The molecule has 0 aliphatic heterocycles. The van der Waals surface area contributed by atoms with E-state index in [1.54, 1.807) is 16.0 Å². The molecule has 0 saturated carbocycles. The van der Waals surface area contributed by atoms with Crippen molar-refractivity contribution in [1.82, 2.24) is 20.0 Å². The first-order valence-corrected chi connectivity index (χ1v) is 7.12. The summed E-state index contributed by atoms with van der Waals surface area (Å²) in [6.45, 7) is 2.03. The molecule has 5 heteroatoms. The third-order valence-corrected chi connectivity index (χ3v) is 3.87. The number of para-hydroxylation sites is 2. The molecule has 0 fully saturated rings. The lowest BCUT2D eigenvalue weighted by Crippen LogP contribution is -1.88. The minimum atomic E-state index is 0.949. The van der Waals surface area contributed by atoms with Gasteiger partial charge in [0.05, 0.1) is 20.7 Å². The topological polar surface area (TPSA) is 43.6 Å². The molecule has 0 unspecified atom stereocenters. The zero-order valence-electron chi connectivity index (χ0n) is 11.3. The molecular formula is C15H14N4S. The van der Waals surface area contributed by atoms with Crippen molar-refractivity contribution in [3.63, 3.8) is 0 Å². The second-order valence-electron chi connectivity index (χ2n) is 4.40. The van der Waals surface area contributed by atoms with Crippen molar-refractivity contribution in [2.75, 3.05) is 0 Å². The normalized spacial score (nSPS) is 10.5. The Bertz CT molecular complexity index is 806. The Labute approximate surface area is 120 Å². The Balaban J connectivity index is 0.000000121. The molecule has 0 radical (unpaired) electrons. The minimum absolute atomic E-state index is 0.949. The summed E-state index contributed by atoms with van der Waals surface area (Å²) in [5.74, 6) is 0. The molecule has 2 heterocycles. The highest BCUT2D eigenvalue weighted by molar-refractivity contribution is 7.18. The van der Waals surface area contributed by atoms with E-state index in [0.29, 0.717) is 0 Å². The summed E-state index contributed by atoms with van der Waals surface area (Å²) in [6, 6.07) is 16.1. The molecule has 100 valence electrons. The maximum absolute atomic E-state index is 4.33. The van der Waals surface area contributed by atoms with E-state index >= 15 is 0 Å².